The number of amides is 1. The Labute approximate surface area is 470 Å². The second-order valence-electron chi connectivity index (χ2n) is 19.1. The maximum Gasteiger partial charge on any atom is 0.354 e. The molecule has 1 unspecified atom stereocenters. The Morgan fingerprint density at radius 2 is 0.700 bits per heavy atom. The van der Waals surface area contributed by atoms with Gasteiger partial charge in [-0.2, -0.15) is 0 Å². The molecule has 10 nitrogen and oxygen atoms in total. The Balaban J connectivity index is 1.21. The van der Waals surface area contributed by atoms with Crippen LogP contribution >= 0.6 is 7.60 Å². The van der Waals surface area contributed by atoms with Gasteiger partial charge in [0.1, 0.15) is 36.6 Å². The average molecular weight is 1080 g/mol. The zero-order chi connectivity index (χ0) is 54.9. The molecule has 0 radical (unpaired) electrons. The van der Waals surface area contributed by atoms with Gasteiger partial charge in [0.15, 0.2) is 0 Å². The van der Waals surface area contributed by atoms with E-state index in [1.165, 1.54) is 10.9 Å². The second kappa shape index (κ2) is 29.9. The van der Waals surface area contributed by atoms with Gasteiger partial charge in [-0.1, -0.05) is 273 Å². The van der Waals surface area contributed by atoms with Crippen LogP contribution in [0.4, 0.5) is 0 Å². The molecule has 406 valence electrons. The van der Waals surface area contributed by atoms with Gasteiger partial charge < -0.3 is 28.0 Å². The highest BCUT2D eigenvalue weighted by Crippen LogP contribution is 2.52. The summed E-state index contributed by atoms with van der Waals surface area (Å²) in [5.74, 6) is 1.46. The summed E-state index contributed by atoms with van der Waals surface area (Å²) in [4.78, 5) is 20.8. The molecule has 11 heteroatoms. The summed E-state index contributed by atoms with van der Waals surface area (Å²) >= 11 is 0. The van der Waals surface area contributed by atoms with Crippen molar-refractivity contribution in [3.05, 3.63) is 335 Å². The summed E-state index contributed by atoms with van der Waals surface area (Å²) in [6.45, 7) is 0.133. The third-order valence-corrected chi connectivity index (χ3v) is 15.0. The Bertz CT molecular complexity index is 3100. The minimum atomic E-state index is -4.11. The van der Waals surface area contributed by atoms with Gasteiger partial charge in [-0.3, -0.25) is 14.2 Å². The first-order chi connectivity index (χ1) is 39.5. The normalized spacial score (nSPS) is 13.3. The molecule has 0 N–H and O–H groups in total. The number of carbonyl (C=O) groups excluding carboxylic acids is 1. The first kappa shape index (κ1) is 56.8. The van der Waals surface area contributed by atoms with E-state index >= 15 is 4.57 Å². The van der Waals surface area contributed by atoms with Crippen molar-refractivity contribution in [1.29, 1.82) is 0 Å². The molecule has 4 atom stereocenters. The van der Waals surface area contributed by atoms with Crippen LogP contribution in [0.1, 0.15) is 50.1 Å². The van der Waals surface area contributed by atoms with E-state index in [0.29, 0.717) is 6.41 Å². The molecule has 0 heterocycles. The van der Waals surface area contributed by atoms with Gasteiger partial charge >= 0.3 is 7.60 Å². The van der Waals surface area contributed by atoms with Crippen molar-refractivity contribution in [3.8, 4) is 0 Å². The minimum absolute atomic E-state index is 0.00197. The van der Waals surface area contributed by atoms with Crippen molar-refractivity contribution in [2.75, 3.05) is 6.61 Å². The van der Waals surface area contributed by atoms with E-state index < -0.39 is 37.6 Å². The zero-order valence-corrected chi connectivity index (χ0v) is 45.4. The highest BCUT2D eigenvalue weighted by atomic mass is 31.2. The van der Waals surface area contributed by atoms with E-state index in [-0.39, 0.29) is 46.2 Å². The first-order valence-electron chi connectivity index (χ1n) is 26.8. The summed E-state index contributed by atoms with van der Waals surface area (Å²) in [7, 11) is -4.11. The van der Waals surface area contributed by atoms with Crippen LogP contribution in [0, 0.1) is 0 Å². The van der Waals surface area contributed by atoms with E-state index in [1.54, 1.807) is 6.08 Å². The van der Waals surface area contributed by atoms with Crippen LogP contribution in [0.3, 0.4) is 0 Å². The van der Waals surface area contributed by atoms with Crippen LogP contribution < -0.4 is 0 Å². The van der Waals surface area contributed by atoms with Crippen LogP contribution in [0.15, 0.2) is 285 Å². The molecule has 80 heavy (non-hydrogen) atoms. The SMILES string of the molecule is O=CN(OCc1ccccc1)C(COC(c1ccccc1)(c1ccccc1)c1ccccc1)[C@H](OCc1ccccc1)[C@H](OCc1ccccc1)[C@@H](/C=C/P(=O)(OCc1ccccc1)OCc1ccccc1)OCc1ccccc1. The van der Waals surface area contributed by atoms with E-state index in [2.05, 4.69) is 0 Å². The van der Waals surface area contributed by atoms with Gasteiger partial charge in [0.05, 0.1) is 39.6 Å². The number of hydrogen-bond donors (Lipinski definition) is 0. The fourth-order valence-electron chi connectivity index (χ4n) is 9.37. The standard InChI is InChI=1S/C69H66NO9P/c71-55-70(77-51-59-34-16-4-17-35-59)65(54-76-69(62-40-22-7-23-41-62,63-42-24-8-25-43-63)64-44-26-9-27-45-64)67(74-49-57-30-12-2-13-31-57)68(75-50-58-32-14-3-15-33-58)66(73-48-56-28-10-1-11-29-56)46-47-80(72,78-52-60-36-18-5-19-37-60)79-53-61-38-20-6-21-39-61/h1-47,55,65-68H,48-54H2/b47-46+/t65?,66-,67+,68-/m1/s1. The van der Waals surface area contributed by atoms with Gasteiger partial charge in [-0.15, -0.1) is 0 Å². The van der Waals surface area contributed by atoms with Crippen LogP contribution in [-0.4, -0.2) is 42.4 Å². The lowest BCUT2D eigenvalue weighted by Crippen LogP contribution is -2.56. The smallest absolute Gasteiger partial charge is 0.354 e. The Hall–Kier alpha value is -7.86. The topological polar surface area (TPSA) is 102 Å². The number of nitrogens with zero attached hydrogens (tertiary/aromatic N) is 1. The largest absolute Gasteiger partial charge is 0.368 e. The van der Waals surface area contributed by atoms with E-state index in [1.807, 2.05) is 273 Å². The molecule has 0 aliphatic rings. The van der Waals surface area contributed by atoms with Crippen LogP contribution in [0.25, 0.3) is 0 Å². The molecular formula is C69H66NO9P. The van der Waals surface area contributed by atoms with Gasteiger partial charge in [-0.05, 0) is 56.1 Å². The quantitative estimate of drug-likeness (QED) is 0.0182. The summed E-state index contributed by atoms with van der Waals surface area (Å²) in [6.07, 6.45) is -0.949. The van der Waals surface area contributed by atoms with Gasteiger partial charge in [0.2, 0.25) is 6.41 Å². The molecule has 0 saturated heterocycles. The predicted molar refractivity (Wildman–Crippen MR) is 312 cm³/mol. The van der Waals surface area contributed by atoms with Crippen LogP contribution in [0.5, 0.6) is 0 Å². The van der Waals surface area contributed by atoms with Crippen LogP contribution in [-0.2, 0) is 87.4 Å². The van der Waals surface area contributed by atoms with Crippen molar-refractivity contribution in [2.45, 2.75) is 69.6 Å². The molecule has 0 aromatic heterocycles. The number of hydroxylamine groups is 2. The third kappa shape index (κ3) is 16.1. The number of benzene rings is 9. The molecule has 0 aliphatic heterocycles. The lowest BCUT2D eigenvalue weighted by molar-refractivity contribution is -0.241. The highest BCUT2D eigenvalue weighted by molar-refractivity contribution is 7.57. The third-order valence-electron chi connectivity index (χ3n) is 13.5. The number of rotatable bonds is 31. The van der Waals surface area contributed by atoms with E-state index in [0.717, 1.165) is 50.1 Å². The lowest BCUT2D eigenvalue weighted by atomic mass is 9.80. The predicted octanol–water partition coefficient (Wildman–Crippen LogP) is 14.9. The molecule has 1 amide bonds. The fourth-order valence-corrected chi connectivity index (χ4v) is 10.7. The molecule has 9 rings (SSSR count). The number of hydrogen-bond acceptors (Lipinski definition) is 9. The maximum absolute atomic E-state index is 15.4. The lowest BCUT2D eigenvalue weighted by Gasteiger charge is -2.42. The maximum atomic E-state index is 15.4. The number of ether oxygens (including phenoxy) is 4. The molecule has 9 aromatic rings. The van der Waals surface area contributed by atoms with Crippen molar-refractivity contribution >= 4 is 14.0 Å². The Morgan fingerprint density at radius 1 is 0.388 bits per heavy atom. The average Bonchev–Trinajstić information content (AvgIpc) is 3.55. The Morgan fingerprint density at radius 3 is 1.06 bits per heavy atom. The molecule has 0 fully saturated rings. The zero-order valence-electron chi connectivity index (χ0n) is 44.5. The van der Waals surface area contributed by atoms with Gasteiger partial charge in [-0.25, -0.2) is 5.06 Å². The van der Waals surface area contributed by atoms with E-state index in [9.17, 15) is 4.79 Å². The molecule has 9 aromatic carbocycles. The summed E-state index contributed by atoms with van der Waals surface area (Å²) < 4.78 is 57.3. The molecule has 0 saturated carbocycles. The fraction of sp³-hybridized carbons (Fsp3) is 0.174. The van der Waals surface area contributed by atoms with Gasteiger partial charge in [0, 0.05) is 5.82 Å². The van der Waals surface area contributed by atoms with Crippen molar-refractivity contribution < 1.29 is 42.2 Å². The highest BCUT2D eigenvalue weighted by Gasteiger charge is 2.45. The minimum Gasteiger partial charge on any atom is -0.368 e. The van der Waals surface area contributed by atoms with Crippen molar-refractivity contribution in [3.63, 3.8) is 0 Å². The monoisotopic (exact) mass is 1080 g/mol. The summed E-state index contributed by atoms with van der Waals surface area (Å²) in [5.41, 5.74) is 6.38. The van der Waals surface area contributed by atoms with E-state index in [4.69, 9.17) is 32.8 Å². The molecule has 0 spiro atoms. The second-order valence-corrected chi connectivity index (χ2v) is 21.0. The summed E-state index contributed by atoms with van der Waals surface area (Å²) in [5, 5.41) is 1.28. The van der Waals surface area contributed by atoms with Crippen molar-refractivity contribution in [2.24, 2.45) is 0 Å². The molecular weight excluding hydrogens is 1020 g/mol. The van der Waals surface area contributed by atoms with Gasteiger partial charge in [0.25, 0.3) is 0 Å². The summed E-state index contributed by atoms with van der Waals surface area (Å²) in [6, 6.07) is 87.1. The first-order valence-corrected chi connectivity index (χ1v) is 28.4. The van der Waals surface area contributed by atoms with Crippen LogP contribution in [0.2, 0.25) is 0 Å². The Kier molecular flexibility index (Phi) is 21.3. The molecule has 0 aliphatic carbocycles. The number of carbonyl (C=O) groups is 1. The molecule has 0 bridgehead atoms. The van der Waals surface area contributed by atoms with Crippen molar-refractivity contribution in [1.82, 2.24) is 5.06 Å².